The van der Waals surface area contributed by atoms with Gasteiger partial charge in [-0.2, -0.15) is 0 Å². The quantitative estimate of drug-likeness (QED) is 0.786. The number of phenolic OH excluding ortho intramolecular Hbond substituents is 1. The number of halogens is 1. The minimum absolute atomic E-state index is 0.341. The molecular weight excluding hydrogens is 310 g/mol. The van der Waals surface area contributed by atoms with Gasteiger partial charge in [-0.05, 0) is 72.7 Å². The van der Waals surface area contributed by atoms with Crippen LogP contribution in [0.3, 0.4) is 0 Å². The molecule has 3 nitrogen and oxygen atoms in total. The molecule has 0 fully saturated rings. The van der Waals surface area contributed by atoms with Crippen LogP contribution in [0.5, 0.6) is 5.75 Å². The highest BCUT2D eigenvalue weighted by molar-refractivity contribution is 6.30. The Morgan fingerprint density at radius 2 is 2.04 bits per heavy atom. The Kier molecular flexibility index (Phi) is 5.21. The molecule has 0 aromatic heterocycles. The van der Waals surface area contributed by atoms with Crippen LogP contribution in [0.15, 0.2) is 42.5 Å². The molecule has 0 bridgehead atoms. The number of benzene rings is 2. The second-order valence-electron chi connectivity index (χ2n) is 6.29. The van der Waals surface area contributed by atoms with Crippen LogP contribution in [0.2, 0.25) is 5.02 Å². The minimum atomic E-state index is -0.548. The van der Waals surface area contributed by atoms with Gasteiger partial charge in [-0.15, -0.1) is 0 Å². The first-order chi connectivity index (χ1) is 11.1. The van der Waals surface area contributed by atoms with Gasteiger partial charge in [-0.1, -0.05) is 29.8 Å². The van der Waals surface area contributed by atoms with E-state index < -0.39 is 6.10 Å². The van der Waals surface area contributed by atoms with E-state index in [0.29, 0.717) is 23.2 Å². The smallest absolute Gasteiger partial charge is 0.115 e. The van der Waals surface area contributed by atoms with Gasteiger partial charge in [0.25, 0.3) is 0 Å². The predicted octanol–water partition coefficient (Wildman–Crippen LogP) is 3.47. The molecule has 122 valence electrons. The van der Waals surface area contributed by atoms with Crippen molar-refractivity contribution in [3.63, 3.8) is 0 Å². The van der Waals surface area contributed by atoms with Crippen LogP contribution in [0.4, 0.5) is 0 Å². The summed E-state index contributed by atoms with van der Waals surface area (Å²) in [6.45, 7) is 1.39. The van der Waals surface area contributed by atoms with Crippen LogP contribution in [0.1, 0.15) is 29.2 Å². The summed E-state index contributed by atoms with van der Waals surface area (Å²) in [6.07, 6.45) is 2.62. The molecule has 2 atom stereocenters. The first kappa shape index (κ1) is 16.3. The van der Waals surface area contributed by atoms with Gasteiger partial charge < -0.3 is 15.5 Å². The number of hydrogen-bond acceptors (Lipinski definition) is 3. The molecule has 2 aromatic carbocycles. The Bertz CT molecular complexity index is 674. The van der Waals surface area contributed by atoms with Gasteiger partial charge in [-0.3, -0.25) is 0 Å². The lowest BCUT2D eigenvalue weighted by molar-refractivity contribution is 0.172. The van der Waals surface area contributed by atoms with Gasteiger partial charge in [0.05, 0.1) is 6.10 Å². The highest BCUT2D eigenvalue weighted by Gasteiger charge is 2.19. The molecule has 0 aliphatic heterocycles. The number of phenols is 1. The maximum absolute atomic E-state index is 10.2. The van der Waals surface area contributed by atoms with Crippen LogP contribution >= 0.6 is 11.6 Å². The van der Waals surface area contributed by atoms with Crippen molar-refractivity contribution < 1.29 is 10.2 Å². The Balaban J connectivity index is 1.50. The highest BCUT2D eigenvalue weighted by atomic mass is 35.5. The fourth-order valence-corrected chi connectivity index (χ4v) is 3.45. The van der Waals surface area contributed by atoms with E-state index in [2.05, 4.69) is 5.32 Å². The number of fused-ring (bicyclic) bond motifs is 1. The van der Waals surface area contributed by atoms with E-state index in [4.69, 9.17) is 11.6 Å². The fraction of sp³-hybridized carbons (Fsp3) is 0.368. The van der Waals surface area contributed by atoms with Crippen LogP contribution in [0.25, 0.3) is 0 Å². The minimum Gasteiger partial charge on any atom is -0.508 e. The maximum atomic E-state index is 10.2. The Hall–Kier alpha value is -1.55. The Morgan fingerprint density at radius 1 is 1.17 bits per heavy atom. The number of aryl methyl sites for hydroxylation is 1. The number of nitrogens with one attached hydrogen (secondary N) is 1. The summed E-state index contributed by atoms with van der Waals surface area (Å²) in [6, 6.07) is 13.0. The summed E-state index contributed by atoms with van der Waals surface area (Å²) in [5.74, 6) is 0.879. The van der Waals surface area contributed by atoms with Gasteiger partial charge >= 0.3 is 0 Å². The molecule has 0 heterocycles. The molecule has 3 N–H and O–H groups in total. The number of aliphatic hydroxyl groups is 1. The SMILES string of the molecule is Oc1ccc2c(c1)CC(CNCC(O)c1cccc(Cl)c1)CC2. The van der Waals surface area contributed by atoms with Crippen molar-refractivity contribution in [2.45, 2.75) is 25.4 Å². The first-order valence-electron chi connectivity index (χ1n) is 8.07. The van der Waals surface area contributed by atoms with Crippen LogP contribution < -0.4 is 5.32 Å². The van der Waals surface area contributed by atoms with E-state index in [-0.39, 0.29) is 0 Å². The van der Waals surface area contributed by atoms with Crippen LogP contribution in [0, 0.1) is 5.92 Å². The van der Waals surface area contributed by atoms with E-state index in [9.17, 15) is 10.2 Å². The lowest BCUT2D eigenvalue weighted by atomic mass is 9.84. The third-order valence-electron chi connectivity index (χ3n) is 4.52. The standard InChI is InChI=1S/C19H22ClNO2/c20-17-3-1-2-15(9-17)19(23)12-21-11-13-4-5-14-6-7-18(22)10-16(14)8-13/h1-3,6-7,9-10,13,19,21-23H,4-5,8,11-12H2. The predicted molar refractivity (Wildman–Crippen MR) is 92.9 cm³/mol. The molecule has 0 amide bonds. The highest BCUT2D eigenvalue weighted by Crippen LogP contribution is 2.28. The maximum Gasteiger partial charge on any atom is 0.115 e. The van der Waals surface area contributed by atoms with Crippen molar-refractivity contribution in [2.75, 3.05) is 13.1 Å². The van der Waals surface area contributed by atoms with Crippen molar-refractivity contribution in [3.8, 4) is 5.75 Å². The number of aliphatic hydroxyl groups excluding tert-OH is 1. The lowest BCUT2D eigenvalue weighted by Crippen LogP contribution is -2.30. The molecule has 4 heteroatoms. The molecule has 0 saturated carbocycles. The van der Waals surface area contributed by atoms with Gasteiger partial charge in [-0.25, -0.2) is 0 Å². The van der Waals surface area contributed by atoms with E-state index in [0.717, 1.165) is 31.4 Å². The molecule has 3 rings (SSSR count). The largest absolute Gasteiger partial charge is 0.508 e. The lowest BCUT2D eigenvalue weighted by Gasteiger charge is -2.25. The van der Waals surface area contributed by atoms with Crippen molar-refractivity contribution in [3.05, 3.63) is 64.2 Å². The summed E-state index contributed by atoms with van der Waals surface area (Å²) >= 11 is 5.95. The third kappa shape index (κ3) is 4.25. The van der Waals surface area contributed by atoms with Crippen molar-refractivity contribution in [1.29, 1.82) is 0 Å². The molecule has 0 radical (unpaired) electrons. The molecule has 1 aliphatic rings. The van der Waals surface area contributed by atoms with Crippen molar-refractivity contribution >= 4 is 11.6 Å². The topological polar surface area (TPSA) is 52.5 Å². The Labute approximate surface area is 141 Å². The molecular formula is C19H22ClNO2. The molecule has 23 heavy (non-hydrogen) atoms. The fourth-order valence-electron chi connectivity index (χ4n) is 3.25. The van der Waals surface area contributed by atoms with Crippen LogP contribution in [-0.2, 0) is 12.8 Å². The monoisotopic (exact) mass is 331 g/mol. The summed E-state index contributed by atoms with van der Waals surface area (Å²) in [7, 11) is 0. The third-order valence-corrected chi connectivity index (χ3v) is 4.76. The number of rotatable bonds is 5. The van der Waals surface area contributed by atoms with E-state index in [1.54, 1.807) is 18.2 Å². The summed E-state index contributed by atoms with van der Waals surface area (Å²) in [5.41, 5.74) is 3.43. The van der Waals surface area contributed by atoms with Crippen LogP contribution in [-0.4, -0.2) is 23.3 Å². The summed E-state index contributed by atoms with van der Waals surface area (Å²) < 4.78 is 0. The van der Waals surface area contributed by atoms with Gasteiger partial charge in [0.15, 0.2) is 0 Å². The molecule has 2 unspecified atom stereocenters. The Morgan fingerprint density at radius 3 is 2.87 bits per heavy atom. The number of aromatic hydroxyl groups is 1. The molecule has 0 spiro atoms. The van der Waals surface area contributed by atoms with Crippen molar-refractivity contribution in [1.82, 2.24) is 5.32 Å². The van der Waals surface area contributed by atoms with Gasteiger partial charge in [0, 0.05) is 11.6 Å². The van der Waals surface area contributed by atoms with E-state index in [1.807, 2.05) is 24.3 Å². The summed E-state index contributed by atoms with van der Waals surface area (Å²) in [5, 5.41) is 23.8. The molecule has 1 aliphatic carbocycles. The molecule has 0 saturated heterocycles. The molecule has 2 aromatic rings. The second-order valence-corrected chi connectivity index (χ2v) is 6.73. The zero-order valence-corrected chi connectivity index (χ0v) is 13.8. The summed E-state index contributed by atoms with van der Waals surface area (Å²) in [4.78, 5) is 0. The zero-order valence-electron chi connectivity index (χ0n) is 13.0. The van der Waals surface area contributed by atoms with Crippen molar-refractivity contribution in [2.24, 2.45) is 5.92 Å². The average Bonchev–Trinajstić information content (AvgIpc) is 2.54. The average molecular weight is 332 g/mol. The van der Waals surface area contributed by atoms with Gasteiger partial charge in [0.1, 0.15) is 5.75 Å². The van der Waals surface area contributed by atoms with E-state index >= 15 is 0 Å². The normalized spacial score (nSPS) is 18.4. The van der Waals surface area contributed by atoms with Gasteiger partial charge in [0.2, 0.25) is 0 Å². The second kappa shape index (κ2) is 7.35. The zero-order chi connectivity index (χ0) is 16.2. The van der Waals surface area contributed by atoms with E-state index in [1.165, 1.54) is 11.1 Å². The number of hydrogen-bond donors (Lipinski definition) is 3. The first-order valence-corrected chi connectivity index (χ1v) is 8.44.